The van der Waals surface area contributed by atoms with E-state index in [0.717, 1.165) is 57.8 Å². The topological polar surface area (TPSA) is 70.6 Å². The lowest BCUT2D eigenvalue weighted by atomic mass is 10.0. The average Bonchev–Trinajstić information content (AvgIpc) is 2.80. The van der Waals surface area contributed by atoms with Crippen molar-refractivity contribution in [1.82, 2.24) is 20.2 Å². The molecule has 3 heterocycles. The van der Waals surface area contributed by atoms with Gasteiger partial charge in [0, 0.05) is 50.5 Å². The molecule has 2 aliphatic rings. The largest absolute Gasteiger partial charge is 0.379 e. The number of nitrogens with one attached hydrogen (secondary N) is 1. The quantitative estimate of drug-likeness (QED) is 0.765. The predicted octanol–water partition coefficient (Wildman–Crippen LogP) is 2.72. The van der Waals surface area contributed by atoms with Crippen molar-refractivity contribution in [1.29, 1.82) is 0 Å². The molecule has 7 nitrogen and oxygen atoms in total. The van der Waals surface area contributed by atoms with Crippen molar-refractivity contribution in [2.75, 3.05) is 50.8 Å². The zero-order chi connectivity index (χ0) is 21.6. The van der Waals surface area contributed by atoms with Crippen molar-refractivity contribution in [2.45, 2.75) is 32.2 Å². The van der Waals surface area contributed by atoms with Crippen LogP contribution in [-0.4, -0.2) is 72.8 Å². The van der Waals surface area contributed by atoms with Gasteiger partial charge in [0.15, 0.2) is 5.82 Å². The molecule has 2 saturated heterocycles. The number of ether oxygens (including phenoxy) is 1. The van der Waals surface area contributed by atoms with Gasteiger partial charge >= 0.3 is 0 Å². The van der Waals surface area contributed by atoms with Gasteiger partial charge in [0.25, 0.3) is 5.91 Å². The Kier molecular flexibility index (Phi) is 7.09. The Bertz CT molecular complexity index is 886. The predicted molar refractivity (Wildman–Crippen MR) is 118 cm³/mol. The summed E-state index contributed by atoms with van der Waals surface area (Å²) in [7, 11) is 0. The molecule has 4 rings (SSSR count). The molecule has 0 bridgehead atoms. The minimum Gasteiger partial charge on any atom is -0.379 e. The fourth-order valence-corrected chi connectivity index (χ4v) is 4.15. The normalized spacial score (nSPS) is 19.9. The van der Waals surface area contributed by atoms with E-state index in [1.54, 1.807) is 18.3 Å². The van der Waals surface area contributed by atoms with Crippen LogP contribution in [0.25, 0.3) is 11.4 Å². The van der Waals surface area contributed by atoms with Crippen LogP contribution in [0.1, 0.15) is 36.5 Å². The fraction of sp³-hybridized carbons (Fsp3) is 0.522. The van der Waals surface area contributed by atoms with E-state index in [4.69, 9.17) is 9.72 Å². The second-order valence-electron chi connectivity index (χ2n) is 8.19. The maximum Gasteiger partial charge on any atom is 0.256 e. The summed E-state index contributed by atoms with van der Waals surface area (Å²) in [6, 6.07) is 6.42. The van der Waals surface area contributed by atoms with Crippen molar-refractivity contribution in [3.05, 3.63) is 41.8 Å². The Morgan fingerprint density at radius 3 is 2.71 bits per heavy atom. The lowest BCUT2D eigenvalue weighted by molar-refractivity contribution is 0.0383. The summed E-state index contributed by atoms with van der Waals surface area (Å²) in [5.41, 5.74) is 1.22. The van der Waals surface area contributed by atoms with Crippen molar-refractivity contribution < 1.29 is 13.9 Å². The molecule has 1 aromatic carbocycles. The molecule has 1 atom stereocenters. The first kappa shape index (κ1) is 21.6. The molecule has 2 aliphatic heterocycles. The Balaban J connectivity index is 1.54. The Hall–Kier alpha value is -2.58. The van der Waals surface area contributed by atoms with Crippen molar-refractivity contribution in [3.63, 3.8) is 0 Å². The van der Waals surface area contributed by atoms with E-state index in [2.05, 4.69) is 27.0 Å². The third kappa shape index (κ3) is 5.37. The summed E-state index contributed by atoms with van der Waals surface area (Å²) in [5, 5.41) is 3.03. The number of aromatic nitrogens is 2. The molecule has 0 saturated carbocycles. The Labute approximate surface area is 182 Å². The van der Waals surface area contributed by atoms with E-state index in [1.807, 2.05) is 0 Å². The number of piperidine rings is 1. The van der Waals surface area contributed by atoms with Crippen LogP contribution in [0.15, 0.2) is 30.5 Å². The summed E-state index contributed by atoms with van der Waals surface area (Å²) >= 11 is 0. The number of benzene rings is 1. The van der Waals surface area contributed by atoms with Crippen LogP contribution in [0.5, 0.6) is 0 Å². The van der Waals surface area contributed by atoms with E-state index in [0.29, 0.717) is 29.8 Å². The zero-order valence-electron chi connectivity index (χ0n) is 18.0. The van der Waals surface area contributed by atoms with Crippen molar-refractivity contribution in [3.8, 4) is 11.4 Å². The molecule has 0 aliphatic carbocycles. The maximum atomic E-state index is 13.3. The van der Waals surface area contributed by atoms with Crippen LogP contribution in [0.4, 0.5) is 10.2 Å². The van der Waals surface area contributed by atoms with E-state index in [-0.39, 0.29) is 11.7 Å². The number of hydrogen-bond donors (Lipinski definition) is 1. The van der Waals surface area contributed by atoms with Crippen LogP contribution in [0.3, 0.4) is 0 Å². The van der Waals surface area contributed by atoms with Crippen LogP contribution in [0.2, 0.25) is 0 Å². The van der Waals surface area contributed by atoms with Gasteiger partial charge in [0.1, 0.15) is 17.2 Å². The highest BCUT2D eigenvalue weighted by molar-refractivity contribution is 5.99. The molecule has 0 spiro atoms. The maximum absolute atomic E-state index is 13.3. The third-order valence-electron chi connectivity index (χ3n) is 6.01. The molecule has 166 valence electrons. The smallest absolute Gasteiger partial charge is 0.256 e. The molecule has 8 heteroatoms. The van der Waals surface area contributed by atoms with Crippen LogP contribution in [-0.2, 0) is 4.74 Å². The summed E-state index contributed by atoms with van der Waals surface area (Å²) in [6.45, 7) is 7.64. The fourth-order valence-electron chi connectivity index (χ4n) is 4.15. The average molecular weight is 428 g/mol. The van der Waals surface area contributed by atoms with Gasteiger partial charge in [-0.05, 0) is 50.5 Å². The molecule has 2 fully saturated rings. The van der Waals surface area contributed by atoms with Crippen molar-refractivity contribution >= 4 is 11.7 Å². The van der Waals surface area contributed by atoms with Gasteiger partial charge in [-0.25, -0.2) is 14.4 Å². The zero-order valence-corrected chi connectivity index (χ0v) is 18.0. The Morgan fingerprint density at radius 2 is 1.97 bits per heavy atom. The van der Waals surface area contributed by atoms with Gasteiger partial charge in [0.05, 0.1) is 13.2 Å². The van der Waals surface area contributed by atoms with Crippen LogP contribution >= 0.6 is 0 Å². The lowest BCUT2D eigenvalue weighted by Gasteiger charge is -2.35. The molecule has 1 aromatic heterocycles. The summed E-state index contributed by atoms with van der Waals surface area (Å²) in [4.78, 5) is 26.7. The number of hydrogen-bond acceptors (Lipinski definition) is 6. The Morgan fingerprint density at radius 1 is 1.19 bits per heavy atom. The highest BCUT2D eigenvalue weighted by Crippen LogP contribution is 2.28. The van der Waals surface area contributed by atoms with Gasteiger partial charge in [0.2, 0.25) is 0 Å². The van der Waals surface area contributed by atoms with E-state index in [1.165, 1.54) is 18.6 Å². The summed E-state index contributed by atoms with van der Waals surface area (Å²) in [6.07, 6.45) is 4.91. The van der Waals surface area contributed by atoms with Gasteiger partial charge in [-0.2, -0.15) is 0 Å². The highest BCUT2D eigenvalue weighted by atomic mass is 19.1. The minimum absolute atomic E-state index is 0.160. The molecule has 31 heavy (non-hydrogen) atoms. The second kappa shape index (κ2) is 10.2. The van der Waals surface area contributed by atoms with Crippen LogP contribution < -0.4 is 10.2 Å². The number of rotatable bonds is 6. The van der Waals surface area contributed by atoms with Gasteiger partial charge < -0.3 is 15.0 Å². The lowest BCUT2D eigenvalue weighted by Crippen LogP contribution is -2.42. The molecule has 1 N–H and O–H groups in total. The minimum atomic E-state index is -0.301. The number of carbonyl (C=O) groups is 1. The molecular formula is C23H30FN5O2. The molecular weight excluding hydrogens is 397 g/mol. The standard InChI is InChI=1S/C23H30FN5O2/c1-17-4-2-3-10-29(17)22-20(23(30)25-9-11-28-12-14-31-15-13-28)16-26-21(27-22)18-5-7-19(24)8-6-18/h5-8,16-17H,2-4,9-15H2,1H3,(H,25,30). The number of halogens is 1. The van der Waals surface area contributed by atoms with Gasteiger partial charge in [-0.3, -0.25) is 9.69 Å². The monoisotopic (exact) mass is 427 g/mol. The number of nitrogens with zero attached hydrogens (tertiary/aromatic N) is 4. The van der Waals surface area contributed by atoms with E-state index in [9.17, 15) is 9.18 Å². The third-order valence-corrected chi connectivity index (χ3v) is 6.01. The highest BCUT2D eigenvalue weighted by Gasteiger charge is 2.26. The first-order chi connectivity index (χ1) is 15.1. The van der Waals surface area contributed by atoms with Crippen molar-refractivity contribution in [2.24, 2.45) is 0 Å². The molecule has 1 amide bonds. The molecule has 2 aromatic rings. The second-order valence-corrected chi connectivity index (χ2v) is 8.19. The van der Waals surface area contributed by atoms with Gasteiger partial charge in [-0.1, -0.05) is 0 Å². The number of morpholine rings is 1. The first-order valence-corrected chi connectivity index (χ1v) is 11.1. The van der Waals surface area contributed by atoms with Gasteiger partial charge in [-0.15, -0.1) is 0 Å². The molecule has 0 radical (unpaired) electrons. The number of anilines is 1. The van der Waals surface area contributed by atoms with E-state index < -0.39 is 0 Å². The summed E-state index contributed by atoms with van der Waals surface area (Å²) < 4.78 is 18.7. The summed E-state index contributed by atoms with van der Waals surface area (Å²) in [5.74, 6) is 0.694. The first-order valence-electron chi connectivity index (χ1n) is 11.1. The van der Waals surface area contributed by atoms with E-state index >= 15 is 0 Å². The number of carbonyl (C=O) groups excluding carboxylic acids is 1. The van der Waals surface area contributed by atoms with Crippen LogP contribution in [0, 0.1) is 5.82 Å². The SMILES string of the molecule is CC1CCCCN1c1nc(-c2ccc(F)cc2)ncc1C(=O)NCCN1CCOCC1. The molecule has 1 unspecified atom stereocenters. The number of amides is 1.